The van der Waals surface area contributed by atoms with Crippen molar-refractivity contribution in [2.75, 3.05) is 4.90 Å². The second kappa shape index (κ2) is 4.78. The van der Waals surface area contributed by atoms with Gasteiger partial charge in [-0.1, -0.05) is 11.3 Å². The van der Waals surface area contributed by atoms with E-state index in [0.717, 1.165) is 17.5 Å². The summed E-state index contributed by atoms with van der Waals surface area (Å²) in [6.07, 6.45) is 1.20. The van der Waals surface area contributed by atoms with Crippen LogP contribution in [0, 0.1) is 10.8 Å². The maximum absolute atomic E-state index is 13.3. The first kappa shape index (κ1) is 16.1. The van der Waals surface area contributed by atoms with Gasteiger partial charge < -0.3 is 4.74 Å². The van der Waals surface area contributed by atoms with Crippen LogP contribution in [0.25, 0.3) is 10.2 Å². The number of anilines is 1. The van der Waals surface area contributed by atoms with Gasteiger partial charge in [0.1, 0.15) is 0 Å². The van der Waals surface area contributed by atoms with Gasteiger partial charge in [0.15, 0.2) is 10.9 Å². The summed E-state index contributed by atoms with van der Waals surface area (Å²) in [7, 11) is 0. The highest BCUT2D eigenvalue weighted by molar-refractivity contribution is 7.22. The summed E-state index contributed by atoms with van der Waals surface area (Å²) in [6.45, 7) is 5.23. The molecule has 134 valence electrons. The average molecular weight is 370 g/mol. The minimum atomic E-state index is -0.838. The zero-order valence-electron chi connectivity index (χ0n) is 14.7. The fourth-order valence-electron chi connectivity index (χ4n) is 4.83. The summed E-state index contributed by atoms with van der Waals surface area (Å²) in [6, 6.07) is 5.24. The van der Waals surface area contributed by atoms with Crippen LogP contribution in [0.15, 0.2) is 18.2 Å². The van der Waals surface area contributed by atoms with Crippen molar-refractivity contribution in [2.45, 2.75) is 45.8 Å². The van der Waals surface area contributed by atoms with E-state index in [1.165, 1.54) is 23.2 Å². The Morgan fingerprint density at radius 1 is 1.19 bits per heavy atom. The Balaban J connectivity index is 1.63. The third-order valence-corrected chi connectivity index (χ3v) is 7.66. The lowest BCUT2D eigenvalue weighted by atomic mass is 9.59. The molecule has 0 saturated carbocycles. The highest BCUT2D eigenvalue weighted by atomic mass is 32.1. The van der Waals surface area contributed by atoms with Gasteiger partial charge in [-0.05, 0) is 51.8 Å². The number of benzene rings is 1. The van der Waals surface area contributed by atoms with Crippen molar-refractivity contribution in [1.29, 1.82) is 0 Å². The number of carbonyl (C=O) groups excluding carboxylic acids is 3. The lowest BCUT2D eigenvalue weighted by Gasteiger charge is -2.36. The number of fused-ring (bicyclic) bond motifs is 6. The van der Waals surface area contributed by atoms with Crippen LogP contribution < -0.4 is 4.90 Å². The summed E-state index contributed by atoms with van der Waals surface area (Å²) >= 11 is 1.27. The first-order valence-corrected chi connectivity index (χ1v) is 9.56. The predicted molar refractivity (Wildman–Crippen MR) is 96.2 cm³/mol. The Morgan fingerprint density at radius 3 is 2.38 bits per heavy atom. The van der Waals surface area contributed by atoms with Gasteiger partial charge in [0, 0.05) is 5.56 Å². The predicted octanol–water partition coefficient (Wildman–Crippen LogP) is 2.95. The monoisotopic (exact) mass is 370 g/mol. The lowest BCUT2D eigenvalue weighted by Crippen LogP contribution is -2.48. The Bertz CT molecular complexity index is 980. The molecule has 5 rings (SSSR count). The second-order valence-corrected chi connectivity index (χ2v) is 8.79. The van der Waals surface area contributed by atoms with Gasteiger partial charge in [0.25, 0.3) is 0 Å². The number of amides is 2. The molecule has 3 saturated heterocycles. The SMILES string of the molecule is CC(=O)c1ccc2nc(N3C(=O)[C@@]4(C)C5CCC(O5)[C@@]4(C)C3=O)sc2c1. The summed E-state index contributed by atoms with van der Waals surface area (Å²) < 4.78 is 6.74. The van der Waals surface area contributed by atoms with Crippen molar-refractivity contribution in [1.82, 2.24) is 4.98 Å². The Morgan fingerprint density at radius 2 is 1.81 bits per heavy atom. The molecule has 2 unspecified atom stereocenters. The lowest BCUT2D eigenvalue weighted by molar-refractivity contribution is -0.132. The van der Waals surface area contributed by atoms with Crippen LogP contribution in [0.2, 0.25) is 0 Å². The minimum absolute atomic E-state index is 0.0292. The van der Waals surface area contributed by atoms with E-state index in [1.54, 1.807) is 18.2 Å². The molecule has 6 nitrogen and oxygen atoms in total. The van der Waals surface area contributed by atoms with Gasteiger partial charge in [0.2, 0.25) is 11.8 Å². The molecule has 0 radical (unpaired) electrons. The number of ketones is 1. The van der Waals surface area contributed by atoms with Gasteiger partial charge in [-0.2, -0.15) is 0 Å². The number of Topliss-reactive ketones (excluding diaryl/α,β-unsaturated/α-hetero) is 1. The summed E-state index contributed by atoms with van der Waals surface area (Å²) in [5.41, 5.74) is -0.402. The molecule has 3 aliphatic heterocycles. The van der Waals surface area contributed by atoms with Crippen molar-refractivity contribution in [3.05, 3.63) is 23.8 Å². The Kier molecular flexibility index (Phi) is 2.96. The van der Waals surface area contributed by atoms with Crippen molar-refractivity contribution in [3.63, 3.8) is 0 Å². The van der Waals surface area contributed by atoms with E-state index in [0.29, 0.717) is 16.2 Å². The van der Waals surface area contributed by atoms with E-state index in [2.05, 4.69) is 4.98 Å². The third-order valence-electron chi connectivity index (χ3n) is 6.66. The third kappa shape index (κ3) is 1.61. The largest absolute Gasteiger partial charge is 0.373 e. The molecule has 3 aliphatic rings. The van der Waals surface area contributed by atoms with Gasteiger partial charge >= 0.3 is 0 Å². The number of carbonyl (C=O) groups is 3. The van der Waals surface area contributed by atoms with E-state index in [-0.39, 0.29) is 29.8 Å². The van der Waals surface area contributed by atoms with E-state index in [1.807, 2.05) is 13.8 Å². The van der Waals surface area contributed by atoms with Crippen LogP contribution in [-0.4, -0.2) is 34.8 Å². The zero-order valence-corrected chi connectivity index (χ0v) is 15.6. The van der Waals surface area contributed by atoms with Crippen molar-refractivity contribution < 1.29 is 19.1 Å². The molecule has 7 heteroatoms. The van der Waals surface area contributed by atoms with Crippen LogP contribution in [0.4, 0.5) is 5.13 Å². The highest BCUT2D eigenvalue weighted by Gasteiger charge is 2.77. The number of aromatic nitrogens is 1. The maximum atomic E-state index is 13.3. The van der Waals surface area contributed by atoms with Gasteiger partial charge in [0.05, 0.1) is 33.3 Å². The highest BCUT2D eigenvalue weighted by Crippen LogP contribution is 2.64. The van der Waals surface area contributed by atoms with Crippen LogP contribution >= 0.6 is 11.3 Å². The summed E-state index contributed by atoms with van der Waals surface area (Å²) in [4.78, 5) is 44.0. The van der Waals surface area contributed by atoms with E-state index < -0.39 is 10.8 Å². The quantitative estimate of drug-likeness (QED) is 0.600. The van der Waals surface area contributed by atoms with Gasteiger partial charge in [-0.25, -0.2) is 9.88 Å². The smallest absolute Gasteiger partial charge is 0.245 e. The fourth-order valence-corrected chi connectivity index (χ4v) is 5.83. The van der Waals surface area contributed by atoms with Crippen molar-refractivity contribution in [3.8, 4) is 0 Å². The van der Waals surface area contributed by atoms with Crippen LogP contribution in [0.5, 0.6) is 0 Å². The van der Waals surface area contributed by atoms with Crippen molar-refractivity contribution >= 4 is 44.3 Å². The Labute approximate surface area is 154 Å². The number of thiazole rings is 1. The molecule has 1 aromatic heterocycles. The molecule has 2 aromatic rings. The first-order chi connectivity index (χ1) is 12.3. The second-order valence-electron chi connectivity index (χ2n) is 7.78. The molecule has 2 bridgehead atoms. The molecular weight excluding hydrogens is 352 g/mol. The summed E-state index contributed by atoms with van der Waals surface area (Å²) in [5.74, 6) is -0.468. The van der Waals surface area contributed by atoms with Crippen LogP contribution in [0.1, 0.15) is 44.0 Å². The maximum Gasteiger partial charge on any atom is 0.245 e. The normalized spacial score (nSPS) is 35.6. The molecular formula is C19H18N2O4S. The van der Waals surface area contributed by atoms with E-state index >= 15 is 0 Å². The molecule has 0 aliphatic carbocycles. The minimum Gasteiger partial charge on any atom is -0.373 e. The number of rotatable bonds is 2. The Hall–Kier alpha value is -2.12. The number of imide groups is 1. The number of hydrogen-bond donors (Lipinski definition) is 0. The average Bonchev–Trinajstić information content (AvgIpc) is 3.32. The topological polar surface area (TPSA) is 76.6 Å². The molecule has 3 fully saturated rings. The number of ether oxygens (including phenoxy) is 1. The van der Waals surface area contributed by atoms with Crippen molar-refractivity contribution in [2.24, 2.45) is 10.8 Å². The molecule has 4 heterocycles. The fraction of sp³-hybridized carbons (Fsp3) is 0.474. The molecule has 4 atom stereocenters. The van der Waals surface area contributed by atoms with Gasteiger partial charge in [-0.15, -0.1) is 0 Å². The number of nitrogens with zero attached hydrogens (tertiary/aromatic N) is 2. The van der Waals surface area contributed by atoms with Crippen LogP contribution in [0.3, 0.4) is 0 Å². The molecule has 0 N–H and O–H groups in total. The number of hydrogen-bond acceptors (Lipinski definition) is 6. The molecule has 26 heavy (non-hydrogen) atoms. The van der Waals surface area contributed by atoms with Gasteiger partial charge in [-0.3, -0.25) is 14.4 Å². The molecule has 2 amide bonds. The summed E-state index contributed by atoms with van der Waals surface area (Å²) in [5, 5.41) is 0.381. The van der Waals surface area contributed by atoms with E-state index in [4.69, 9.17) is 4.74 Å². The standard InChI is InChI=1S/C19H18N2O4S/c1-9(22)10-4-5-11-12(8-10)26-17(20-11)21-15(23)18(2)13-6-7-14(25-13)19(18,3)16(21)24/h4-5,8,13-14H,6-7H2,1-3H3/t13?,14?,18-,19+. The van der Waals surface area contributed by atoms with E-state index in [9.17, 15) is 14.4 Å². The molecule has 0 spiro atoms. The zero-order chi connectivity index (χ0) is 18.4. The van der Waals surface area contributed by atoms with Crippen LogP contribution in [-0.2, 0) is 14.3 Å². The molecule has 1 aromatic carbocycles. The first-order valence-electron chi connectivity index (χ1n) is 8.74.